The maximum atomic E-state index is 12.6. The van der Waals surface area contributed by atoms with Crippen LogP contribution in [0.5, 0.6) is 0 Å². The standard InChI is InChI=1S/C9H8FNO2/c1-2-3-7-6(9(12)13)4-5-8(10)11-7/h2,4-5H,1,3H2,(H,12,13). The number of carboxylic acids is 1. The van der Waals surface area contributed by atoms with Crippen LogP contribution in [0.2, 0.25) is 0 Å². The predicted molar refractivity (Wildman–Crippen MR) is 45.1 cm³/mol. The number of aromatic carboxylic acids is 1. The van der Waals surface area contributed by atoms with Gasteiger partial charge in [0.2, 0.25) is 5.95 Å². The largest absolute Gasteiger partial charge is 0.478 e. The molecule has 0 amide bonds. The van der Waals surface area contributed by atoms with E-state index in [1.54, 1.807) is 0 Å². The molecule has 1 aromatic rings. The second-order valence-electron chi connectivity index (χ2n) is 2.43. The number of hydrogen-bond acceptors (Lipinski definition) is 2. The summed E-state index contributed by atoms with van der Waals surface area (Å²) in [5.74, 6) is -1.79. The summed E-state index contributed by atoms with van der Waals surface area (Å²) < 4.78 is 12.6. The van der Waals surface area contributed by atoms with E-state index >= 15 is 0 Å². The van der Waals surface area contributed by atoms with E-state index in [0.29, 0.717) is 0 Å². The first kappa shape index (κ1) is 9.38. The SMILES string of the molecule is C=CCc1nc(F)ccc1C(=O)O. The predicted octanol–water partition coefficient (Wildman–Crippen LogP) is 1.65. The fourth-order valence-electron chi connectivity index (χ4n) is 0.962. The molecular weight excluding hydrogens is 173 g/mol. The third-order valence-corrected chi connectivity index (χ3v) is 1.51. The van der Waals surface area contributed by atoms with Crippen LogP contribution in [-0.2, 0) is 6.42 Å². The Balaban J connectivity index is 3.17. The van der Waals surface area contributed by atoms with Gasteiger partial charge in [-0.3, -0.25) is 0 Å². The Hall–Kier alpha value is -1.71. The molecule has 0 unspecified atom stereocenters. The van der Waals surface area contributed by atoms with Crippen LogP contribution in [-0.4, -0.2) is 16.1 Å². The lowest BCUT2D eigenvalue weighted by Crippen LogP contribution is -2.05. The number of allylic oxidation sites excluding steroid dienone is 1. The van der Waals surface area contributed by atoms with Crippen LogP contribution in [0.4, 0.5) is 4.39 Å². The highest BCUT2D eigenvalue weighted by Gasteiger charge is 2.10. The summed E-state index contributed by atoms with van der Waals surface area (Å²) in [6, 6.07) is 2.22. The second-order valence-corrected chi connectivity index (χ2v) is 2.43. The van der Waals surface area contributed by atoms with Crippen LogP contribution in [0, 0.1) is 5.95 Å². The molecule has 1 aromatic heterocycles. The van der Waals surface area contributed by atoms with E-state index in [2.05, 4.69) is 11.6 Å². The van der Waals surface area contributed by atoms with Crippen molar-refractivity contribution in [3.63, 3.8) is 0 Å². The van der Waals surface area contributed by atoms with Crippen LogP contribution < -0.4 is 0 Å². The molecule has 1 rings (SSSR count). The molecule has 0 saturated heterocycles. The van der Waals surface area contributed by atoms with E-state index in [9.17, 15) is 9.18 Å². The van der Waals surface area contributed by atoms with Crippen molar-refractivity contribution in [1.82, 2.24) is 4.98 Å². The van der Waals surface area contributed by atoms with Gasteiger partial charge in [0.25, 0.3) is 0 Å². The van der Waals surface area contributed by atoms with Crippen molar-refractivity contribution in [2.24, 2.45) is 0 Å². The number of halogens is 1. The van der Waals surface area contributed by atoms with Crippen molar-refractivity contribution in [2.75, 3.05) is 0 Å². The first-order valence-corrected chi connectivity index (χ1v) is 3.64. The molecule has 0 aromatic carbocycles. The highest BCUT2D eigenvalue weighted by atomic mass is 19.1. The summed E-state index contributed by atoms with van der Waals surface area (Å²) in [5.41, 5.74) is 0.212. The molecule has 0 aliphatic heterocycles. The normalized spacial score (nSPS) is 9.62. The zero-order valence-corrected chi connectivity index (χ0v) is 6.83. The van der Waals surface area contributed by atoms with Crippen molar-refractivity contribution in [2.45, 2.75) is 6.42 Å². The highest BCUT2D eigenvalue weighted by Crippen LogP contribution is 2.08. The lowest BCUT2D eigenvalue weighted by molar-refractivity contribution is 0.0695. The summed E-state index contributed by atoms with van der Waals surface area (Å²) >= 11 is 0. The molecule has 13 heavy (non-hydrogen) atoms. The van der Waals surface area contributed by atoms with Gasteiger partial charge in [-0.1, -0.05) is 6.08 Å². The Bertz CT molecular complexity index is 349. The minimum Gasteiger partial charge on any atom is -0.478 e. The topological polar surface area (TPSA) is 50.2 Å². The number of aromatic nitrogens is 1. The van der Waals surface area contributed by atoms with Gasteiger partial charge in [-0.05, 0) is 12.1 Å². The molecule has 1 heterocycles. The minimum absolute atomic E-state index is 0.0151. The average molecular weight is 181 g/mol. The second kappa shape index (κ2) is 3.80. The number of hydrogen-bond donors (Lipinski definition) is 1. The van der Waals surface area contributed by atoms with Crippen molar-refractivity contribution in [3.05, 3.63) is 42.0 Å². The van der Waals surface area contributed by atoms with Crippen molar-refractivity contribution < 1.29 is 14.3 Å². The number of carbonyl (C=O) groups is 1. The molecule has 0 bridgehead atoms. The lowest BCUT2D eigenvalue weighted by atomic mass is 10.1. The Morgan fingerprint density at radius 2 is 2.38 bits per heavy atom. The maximum absolute atomic E-state index is 12.6. The first-order chi connectivity index (χ1) is 6.15. The minimum atomic E-state index is -1.11. The smallest absolute Gasteiger partial charge is 0.337 e. The maximum Gasteiger partial charge on any atom is 0.337 e. The highest BCUT2D eigenvalue weighted by molar-refractivity contribution is 5.88. The van der Waals surface area contributed by atoms with Crippen LogP contribution in [0.3, 0.4) is 0 Å². The van der Waals surface area contributed by atoms with Gasteiger partial charge in [-0.25, -0.2) is 9.78 Å². The molecule has 0 fully saturated rings. The first-order valence-electron chi connectivity index (χ1n) is 3.64. The molecule has 68 valence electrons. The fraction of sp³-hybridized carbons (Fsp3) is 0.111. The van der Waals surface area contributed by atoms with E-state index in [1.807, 2.05) is 0 Å². The molecule has 0 radical (unpaired) electrons. The number of carboxylic acid groups (broad SMARTS) is 1. The third kappa shape index (κ3) is 2.11. The molecule has 0 saturated carbocycles. The molecule has 0 aliphatic rings. The van der Waals surface area contributed by atoms with Gasteiger partial charge in [0.1, 0.15) is 0 Å². The van der Waals surface area contributed by atoms with Gasteiger partial charge in [-0.15, -0.1) is 6.58 Å². The summed E-state index contributed by atoms with van der Waals surface area (Å²) in [6.45, 7) is 3.43. The Morgan fingerprint density at radius 3 is 2.92 bits per heavy atom. The third-order valence-electron chi connectivity index (χ3n) is 1.51. The number of rotatable bonds is 3. The van der Waals surface area contributed by atoms with Gasteiger partial charge in [0.05, 0.1) is 11.3 Å². The zero-order valence-electron chi connectivity index (χ0n) is 6.83. The van der Waals surface area contributed by atoms with E-state index in [4.69, 9.17) is 5.11 Å². The molecule has 0 atom stereocenters. The van der Waals surface area contributed by atoms with Crippen LogP contribution in [0.25, 0.3) is 0 Å². The lowest BCUT2D eigenvalue weighted by Gasteiger charge is -2.01. The quantitative estimate of drug-likeness (QED) is 0.569. The van der Waals surface area contributed by atoms with Gasteiger partial charge in [0.15, 0.2) is 0 Å². The average Bonchev–Trinajstić information content (AvgIpc) is 2.04. The zero-order chi connectivity index (χ0) is 9.84. The molecule has 3 nitrogen and oxygen atoms in total. The monoisotopic (exact) mass is 181 g/mol. The Morgan fingerprint density at radius 1 is 1.69 bits per heavy atom. The van der Waals surface area contributed by atoms with Gasteiger partial charge >= 0.3 is 5.97 Å². The summed E-state index contributed by atoms with van der Waals surface area (Å²) in [7, 11) is 0. The number of pyridine rings is 1. The molecule has 1 N–H and O–H groups in total. The van der Waals surface area contributed by atoms with Crippen LogP contribution in [0.1, 0.15) is 16.1 Å². The van der Waals surface area contributed by atoms with Gasteiger partial charge in [0, 0.05) is 6.42 Å². The number of nitrogens with zero attached hydrogens (tertiary/aromatic N) is 1. The van der Waals surface area contributed by atoms with Crippen LogP contribution in [0.15, 0.2) is 24.8 Å². The van der Waals surface area contributed by atoms with E-state index in [0.717, 1.165) is 6.07 Å². The van der Waals surface area contributed by atoms with E-state index in [1.165, 1.54) is 12.1 Å². The Labute approximate surface area is 74.5 Å². The van der Waals surface area contributed by atoms with Crippen molar-refractivity contribution in [1.29, 1.82) is 0 Å². The summed E-state index contributed by atoms with van der Waals surface area (Å²) in [6.07, 6.45) is 1.73. The van der Waals surface area contributed by atoms with Crippen molar-refractivity contribution in [3.8, 4) is 0 Å². The summed E-state index contributed by atoms with van der Waals surface area (Å²) in [5, 5.41) is 8.69. The van der Waals surface area contributed by atoms with E-state index < -0.39 is 11.9 Å². The fourth-order valence-corrected chi connectivity index (χ4v) is 0.962. The Kier molecular flexibility index (Phi) is 2.74. The molecule has 4 heteroatoms. The van der Waals surface area contributed by atoms with Crippen LogP contribution >= 0.6 is 0 Å². The molecule has 0 spiro atoms. The summed E-state index contributed by atoms with van der Waals surface area (Å²) in [4.78, 5) is 14.1. The van der Waals surface area contributed by atoms with E-state index in [-0.39, 0.29) is 17.7 Å². The molecular formula is C9H8FNO2. The molecule has 0 aliphatic carbocycles. The van der Waals surface area contributed by atoms with Gasteiger partial charge in [-0.2, -0.15) is 4.39 Å². The van der Waals surface area contributed by atoms with Crippen molar-refractivity contribution >= 4 is 5.97 Å². The van der Waals surface area contributed by atoms with Gasteiger partial charge < -0.3 is 5.11 Å².